The van der Waals surface area contributed by atoms with Crippen LogP contribution < -0.4 is 9.64 Å². The van der Waals surface area contributed by atoms with Crippen molar-refractivity contribution in [1.82, 2.24) is 9.97 Å². The number of hydrogen-bond donors (Lipinski definition) is 0. The van der Waals surface area contributed by atoms with Crippen molar-refractivity contribution in [3.05, 3.63) is 9.77 Å². The fourth-order valence-electron chi connectivity index (χ4n) is 2.61. The molecule has 1 aromatic rings. The third kappa shape index (κ3) is 1.97. The Balaban J connectivity index is 1.92. The Hall–Kier alpha value is -0.630. The largest absolute Gasteiger partial charge is 0.467 e. The maximum Gasteiger partial charge on any atom is 0.319 e. The van der Waals surface area contributed by atoms with Gasteiger partial charge in [0.05, 0.1) is 25.4 Å². The molecule has 0 radical (unpaired) electrons. The molecular formula is C11H14IN3O2. The zero-order chi connectivity index (χ0) is 12.0. The lowest BCUT2D eigenvalue weighted by atomic mass is 10.1. The molecule has 2 bridgehead atoms. The van der Waals surface area contributed by atoms with Crippen molar-refractivity contribution >= 4 is 28.4 Å². The first-order valence-corrected chi connectivity index (χ1v) is 6.67. The summed E-state index contributed by atoms with van der Waals surface area (Å²) in [6, 6.07) is 2.86. The number of rotatable bonds is 2. The molecule has 2 atom stereocenters. The Morgan fingerprint density at radius 2 is 2.41 bits per heavy atom. The van der Waals surface area contributed by atoms with Gasteiger partial charge in [-0.25, -0.2) is 0 Å². The average molecular weight is 347 g/mol. The molecule has 17 heavy (non-hydrogen) atoms. The number of fused-ring (bicyclic) bond motifs is 2. The summed E-state index contributed by atoms with van der Waals surface area (Å²) in [5, 5.41) is 0. The molecule has 3 heterocycles. The lowest BCUT2D eigenvalue weighted by molar-refractivity contribution is 0.0167. The van der Waals surface area contributed by atoms with Crippen molar-refractivity contribution in [1.29, 1.82) is 0 Å². The van der Waals surface area contributed by atoms with Gasteiger partial charge in [-0.05, 0) is 29.5 Å². The van der Waals surface area contributed by atoms with Gasteiger partial charge < -0.3 is 14.4 Å². The van der Waals surface area contributed by atoms with E-state index in [1.54, 1.807) is 7.11 Å². The lowest BCUT2D eigenvalue weighted by Crippen LogP contribution is -2.41. The first-order chi connectivity index (χ1) is 8.09. The van der Waals surface area contributed by atoms with Gasteiger partial charge in [0.25, 0.3) is 0 Å². The number of ether oxygens (including phenoxy) is 2. The highest BCUT2D eigenvalue weighted by Gasteiger charge is 2.48. The summed E-state index contributed by atoms with van der Waals surface area (Å²) in [5.74, 6) is 0.943. The van der Waals surface area contributed by atoms with Gasteiger partial charge in [0.2, 0.25) is 0 Å². The fourth-order valence-corrected chi connectivity index (χ4v) is 3.09. The van der Waals surface area contributed by atoms with Crippen LogP contribution in [0.25, 0.3) is 0 Å². The van der Waals surface area contributed by atoms with Crippen LogP contribution >= 0.6 is 22.6 Å². The summed E-state index contributed by atoms with van der Waals surface area (Å²) in [6.07, 6.45) is 1.08. The third-order valence-electron chi connectivity index (χ3n) is 3.37. The SMILES string of the molecule is COc1nc(I)cc(N2C[C@@]3(C)CC2CO3)n1. The first-order valence-electron chi connectivity index (χ1n) is 5.59. The topological polar surface area (TPSA) is 47.5 Å². The minimum atomic E-state index is -0.00567. The van der Waals surface area contributed by atoms with Gasteiger partial charge in [0, 0.05) is 19.0 Å². The van der Waals surface area contributed by atoms with E-state index in [1.165, 1.54) is 0 Å². The van der Waals surface area contributed by atoms with Crippen molar-refractivity contribution in [2.45, 2.75) is 25.0 Å². The van der Waals surface area contributed by atoms with Crippen molar-refractivity contribution in [3.63, 3.8) is 0 Å². The van der Waals surface area contributed by atoms with Crippen molar-refractivity contribution in [3.8, 4) is 6.01 Å². The molecule has 1 unspecified atom stereocenters. The molecule has 0 amide bonds. The Morgan fingerprint density at radius 1 is 1.59 bits per heavy atom. The van der Waals surface area contributed by atoms with Gasteiger partial charge in [0.1, 0.15) is 9.52 Å². The summed E-state index contributed by atoms with van der Waals surface area (Å²) in [5.41, 5.74) is -0.00567. The minimum absolute atomic E-state index is 0.00567. The zero-order valence-corrected chi connectivity index (χ0v) is 12.0. The molecule has 6 heteroatoms. The van der Waals surface area contributed by atoms with E-state index in [9.17, 15) is 0 Å². The van der Waals surface area contributed by atoms with Crippen LogP contribution in [0.15, 0.2) is 6.07 Å². The number of morpholine rings is 1. The third-order valence-corrected chi connectivity index (χ3v) is 3.93. The van der Waals surface area contributed by atoms with Crippen molar-refractivity contribution in [2.75, 3.05) is 25.2 Å². The minimum Gasteiger partial charge on any atom is -0.467 e. The summed E-state index contributed by atoms with van der Waals surface area (Å²) in [7, 11) is 1.59. The number of methoxy groups -OCH3 is 1. The molecular weight excluding hydrogens is 333 g/mol. The molecule has 2 saturated heterocycles. The lowest BCUT2D eigenvalue weighted by Gasteiger charge is -2.31. The van der Waals surface area contributed by atoms with Crippen molar-refractivity contribution in [2.24, 2.45) is 0 Å². The van der Waals surface area contributed by atoms with E-state index in [4.69, 9.17) is 9.47 Å². The normalized spacial score (nSPS) is 31.0. The first kappa shape index (κ1) is 11.5. The summed E-state index contributed by atoms with van der Waals surface area (Å²) >= 11 is 2.19. The highest BCUT2D eigenvalue weighted by Crippen LogP contribution is 2.39. The van der Waals surface area contributed by atoms with E-state index < -0.39 is 0 Å². The highest BCUT2D eigenvalue weighted by atomic mass is 127. The van der Waals surface area contributed by atoms with Crippen LogP contribution in [0.2, 0.25) is 0 Å². The number of anilines is 1. The van der Waals surface area contributed by atoms with E-state index in [2.05, 4.69) is 44.4 Å². The predicted molar refractivity (Wildman–Crippen MR) is 71.4 cm³/mol. The van der Waals surface area contributed by atoms with Crippen LogP contribution in [-0.2, 0) is 4.74 Å². The van der Waals surface area contributed by atoms with Gasteiger partial charge in [-0.15, -0.1) is 0 Å². The zero-order valence-electron chi connectivity index (χ0n) is 9.81. The van der Waals surface area contributed by atoms with E-state index >= 15 is 0 Å². The molecule has 0 N–H and O–H groups in total. The molecule has 0 aromatic carbocycles. The molecule has 0 spiro atoms. The van der Waals surface area contributed by atoms with Crippen LogP contribution in [0, 0.1) is 3.70 Å². The molecule has 2 fully saturated rings. The number of halogens is 1. The number of nitrogens with zero attached hydrogens (tertiary/aromatic N) is 3. The molecule has 2 aliphatic heterocycles. The molecule has 92 valence electrons. The summed E-state index contributed by atoms with van der Waals surface area (Å²) < 4.78 is 11.8. The summed E-state index contributed by atoms with van der Waals surface area (Å²) in [6.45, 7) is 3.85. The maximum absolute atomic E-state index is 5.76. The monoisotopic (exact) mass is 347 g/mol. The molecule has 2 aliphatic rings. The van der Waals surface area contributed by atoms with Gasteiger partial charge in [-0.2, -0.15) is 9.97 Å². The van der Waals surface area contributed by atoms with Crippen LogP contribution in [0.4, 0.5) is 5.82 Å². The molecule has 3 rings (SSSR count). The van der Waals surface area contributed by atoms with Crippen molar-refractivity contribution < 1.29 is 9.47 Å². The Labute approximate surface area is 114 Å². The molecule has 1 aromatic heterocycles. The smallest absolute Gasteiger partial charge is 0.319 e. The van der Waals surface area contributed by atoms with Gasteiger partial charge in [-0.3, -0.25) is 0 Å². The number of hydrogen-bond acceptors (Lipinski definition) is 5. The fraction of sp³-hybridized carbons (Fsp3) is 0.636. The molecule has 0 saturated carbocycles. The van der Waals surface area contributed by atoms with E-state index in [-0.39, 0.29) is 5.60 Å². The predicted octanol–water partition coefficient (Wildman–Crippen LogP) is 1.46. The Kier molecular flexibility index (Phi) is 2.66. The van der Waals surface area contributed by atoms with Gasteiger partial charge in [0.15, 0.2) is 0 Å². The average Bonchev–Trinajstić information content (AvgIpc) is 2.83. The van der Waals surface area contributed by atoms with Crippen LogP contribution in [0.3, 0.4) is 0 Å². The second-order valence-corrected chi connectivity index (χ2v) is 5.89. The number of aromatic nitrogens is 2. The quantitative estimate of drug-likeness (QED) is 0.599. The maximum atomic E-state index is 5.76. The van der Waals surface area contributed by atoms with E-state index in [0.717, 1.165) is 29.1 Å². The van der Waals surface area contributed by atoms with Gasteiger partial charge >= 0.3 is 6.01 Å². The second-order valence-electron chi connectivity index (χ2n) is 4.78. The molecule has 0 aliphatic carbocycles. The van der Waals surface area contributed by atoms with Gasteiger partial charge in [-0.1, -0.05) is 0 Å². The Bertz CT molecular complexity index is 456. The highest BCUT2D eigenvalue weighted by molar-refractivity contribution is 14.1. The van der Waals surface area contributed by atoms with E-state index in [0.29, 0.717) is 12.1 Å². The summed E-state index contributed by atoms with van der Waals surface area (Å²) in [4.78, 5) is 10.9. The van der Waals surface area contributed by atoms with Crippen LogP contribution in [0.1, 0.15) is 13.3 Å². The van der Waals surface area contributed by atoms with E-state index in [1.807, 2.05) is 6.07 Å². The molecule has 5 nitrogen and oxygen atoms in total. The van der Waals surface area contributed by atoms with Crippen LogP contribution in [0.5, 0.6) is 6.01 Å². The standard InChI is InChI=1S/C11H14IN3O2/c1-11-4-7(5-17-11)15(6-11)9-3-8(12)13-10(14-9)16-2/h3,7H,4-6H2,1-2H3/t7?,11-/m1/s1. The van der Waals surface area contributed by atoms with Crippen LogP contribution in [-0.4, -0.2) is 41.9 Å². The Morgan fingerprint density at radius 3 is 3.00 bits per heavy atom. The second kappa shape index (κ2) is 3.94.